The fourth-order valence-electron chi connectivity index (χ4n) is 2.77. The van der Waals surface area contributed by atoms with Crippen molar-refractivity contribution in [1.29, 1.82) is 0 Å². The Hall–Kier alpha value is -3.67. The monoisotopic (exact) mass is 389 g/mol. The first-order valence-electron chi connectivity index (χ1n) is 9.31. The van der Waals surface area contributed by atoms with E-state index in [-0.39, 0.29) is 5.71 Å². The highest BCUT2D eigenvalue weighted by atomic mass is 16.5. The molecule has 0 aliphatic heterocycles. The maximum atomic E-state index is 12.2. The molecule has 0 radical (unpaired) electrons. The zero-order chi connectivity index (χ0) is 20.6. The number of benzene rings is 2. The third-order valence-electron chi connectivity index (χ3n) is 4.46. The van der Waals surface area contributed by atoms with Gasteiger partial charge in [0.1, 0.15) is 7.05 Å². The molecular formula is C23H25N4O2+. The molecule has 148 valence electrons. The number of rotatable bonds is 7. The van der Waals surface area contributed by atoms with E-state index >= 15 is 0 Å². The molecule has 0 amide bonds. The van der Waals surface area contributed by atoms with E-state index in [9.17, 15) is 4.79 Å². The molecule has 1 N–H and O–H groups in total. The number of pyridine rings is 1. The number of hydrogen-bond acceptors (Lipinski definition) is 5. The van der Waals surface area contributed by atoms with E-state index in [1.165, 1.54) is 12.7 Å². The zero-order valence-electron chi connectivity index (χ0n) is 16.9. The minimum atomic E-state index is -0.480. The van der Waals surface area contributed by atoms with Gasteiger partial charge in [-0.3, -0.25) is 5.01 Å². The van der Waals surface area contributed by atoms with E-state index in [0.29, 0.717) is 5.56 Å². The number of esters is 1. The summed E-state index contributed by atoms with van der Waals surface area (Å²) >= 11 is 0. The molecule has 0 aliphatic rings. The number of hydrazone groups is 1. The summed E-state index contributed by atoms with van der Waals surface area (Å²) in [6, 6.07) is 21.8. The highest BCUT2D eigenvalue weighted by molar-refractivity contribution is 6.43. The first-order valence-corrected chi connectivity index (χ1v) is 9.31. The number of methoxy groups -OCH3 is 1. The topological polar surface area (TPSA) is 57.8 Å². The van der Waals surface area contributed by atoms with Crippen molar-refractivity contribution < 1.29 is 14.1 Å². The molecule has 6 heteroatoms. The Morgan fingerprint density at radius 2 is 1.69 bits per heavy atom. The smallest absolute Gasteiger partial charge is 0.359 e. The van der Waals surface area contributed by atoms with Crippen molar-refractivity contribution in [3.63, 3.8) is 0 Å². The average molecular weight is 389 g/mol. The number of nitrogens with zero attached hydrogens (tertiary/aromatic N) is 3. The Bertz CT molecular complexity index is 968. The SMILES string of the molecule is COC(=O)/C(=N\N(C)c1ccc(NCc2ccccc2)cc1)c1cc[n+](C)cc1. The third kappa shape index (κ3) is 5.42. The second-order valence-corrected chi connectivity index (χ2v) is 6.60. The van der Waals surface area contributed by atoms with Crippen molar-refractivity contribution in [2.45, 2.75) is 6.54 Å². The second-order valence-electron chi connectivity index (χ2n) is 6.60. The molecule has 0 atom stereocenters. The van der Waals surface area contributed by atoms with Gasteiger partial charge in [-0.2, -0.15) is 5.10 Å². The predicted molar refractivity (Wildman–Crippen MR) is 115 cm³/mol. The molecular weight excluding hydrogens is 364 g/mol. The maximum absolute atomic E-state index is 12.2. The quantitative estimate of drug-likeness (QED) is 0.292. The minimum Gasteiger partial charge on any atom is -0.464 e. The summed E-state index contributed by atoms with van der Waals surface area (Å²) < 4.78 is 6.81. The van der Waals surface area contributed by atoms with Gasteiger partial charge in [-0.1, -0.05) is 30.3 Å². The van der Waals surface area contributed by atoms with Crippen molar-refractivity contribution in [3.8, 4) is 0 Å². The van der Waals surface area contributed by atoms with E-state index in [0.717, 1.165) is 17.9 Å². The number of hydrogen-bond donors (Lipinski definition) is 1. The number of carbonyl (C=O) groups excluding carboxylic acids is 1. The van der Waals surface area contributed by atoms with Gasteiger partial charge in [-0.25, -0.2) is 9.36 Å². The molecule has 6 nitrogen and oxygen atoms in total. The fourth-order valence-corrected chi connectivity index (χ4v) is 2.77. The molecule has 3 aromatic rings. The van der Waals surface area contributed by atoms with Crippen LogP contribution in [-0.4, -0.2) is 25.8 Å². The molecule has 1 aromatic heterocycles. The second kappa shape index (κ2) is 9.50. The lowest BCUT2D eigenvalue weighted by Gasteiger charge is -2.16. The molecule has 0 fully saturated rings. The van der Waals surface area contributed by atoms with Gasteiger partial charge in [0.15, 0.2) is 18.1 Å². The lowest BCUT2D eigenvalue weighted by molar-refractivity contribution is -0.671. The summed E-state index contributed by atoms with van der Waals surface area (Å²) in [4.78, 5) is 12.2. The van der Waals surface area contributed by atoms with E-state index in [2.05, 4.69) is 22.6 Å². The first-order chi connectivity index (χ1) is 14.1. The summed E-state index contributed by atoms with van der Waals surface area (Å²) in [7, 11) is 5.07. The molecule has 1 heterocycles. The van der Waals surface area contributed by atoms with Gasteiger partial charge in [0, 0.05) is 37.0 Å². The van der Waals surface area contributed by atoms with Crippen LogP contribution in [0.4, 0.5) is 11.4 Å². The minimum absolute atomic E-state index is 0.252. The van der Waals surface area contributed by atoms with E-state index in [1.54, 1.807) is 12.1 Å². The maximum Gasteiger partial charge on any atom is 0.359 e. The summed E-state index contributed by atoms with van der Waals surface area (Å²) in [6.45, 7) is 0.756. The van der Waals surface area contributed by atoms with Gasteiger partial charge >= 0.3 is 5.97 Å². The van der Waals surface area contributed by atoms with Crippen LogP contribution >= 0.6 is 0 Å². The van der Waals surface area contributed by atoms with Crippen LogP contribution in [0.1, 0.15) is 11.1 Å². The molecule has 0 unspecified atom stereocenters. The van der Waals surface area contributed by atoms with Gasteiger partial charge < -0.3 is 10.1 Å². The summed E-state index contributed by atoms with van der Waals surface area (Å²) in [5.41, 5.74) is 4.04. The normalized spacial score (nSPS) is 11.1. The summed E-state index contributed by atoms with van der Waals surface area (Å²) in [6.07, 6.45) is 3.72. The standard InChI is InChI=1S/C23H25N4O2/c1-26-15-13-19(14-16-26)22(23(28)29-3)25-27(2)21-11-9-20(10-12-21)24-17-18-7-5-4-6-8-18/h4-16,24H,17H2,1-3H3/q+1. The highest BCUT2D eigenvalue weighted by Gasteiger charge is 2.17. The highest BCUT2D eigenvalue weighted by Crippen LogP contribution is 2.18. The first kappa shape index (κ1) is 20.1. The number of aryl methyl sites for hydroxylation is 1. The molecule has 0 aliphatic carbocycles. The van der Waals surface area contributed by atoms with Crippen molar-refractivity contribution >= 4 is 23.1 Å². The van der Waals surface area contributed by atoms with Crippen LogP contribution in [0.5, 0.6) is 0 Å². The molecule has 0 spiro atoms. The Morgan fingerprint density at radius 1 is 1.03 bits per heavy atom. The van der Waals surface area contributed by atoms with Crippen LogP contribution in [-0.2, 0) is 23.1 Å². The van der Waals surface area contributed by atoms with Crippen molar-refractivity contribution in [2.24, 2.45) is 12.1 Å². The van der Waals surface area contributed by atoms with E-state index < -0.39 is 5.97 Å². The lowest BCUT2D eigenvalue weighted by Crippen LogP contribution is -2.28. The lowest BCUT2D eigenvalue weighted by atomic mass is 10.1. The van der Waals surface area contributed by atoms with Crippen LogP contribution in [0, 0.1) is 0 Å². The van der Waals surface area contributed by atoms with Crippen molar-refractivity contribution in [3.05, 3.63) is 90.3 Å². The van der Waals surface area contributed by atoms with Crippen molar-refractivity contribution in [2.75, 3.05) is 24.5 Å². The molecule has 0 saturated carbocycles. The average Bonchev–Trinajstić information content (AvgIpc) is 2.77. The number of carbonyl (C=O) groups is 1. The summed E-state index contributed by atoms with van der Waals surface area (Å²) in [5, 5.41) is 9.55. The predicted octanol–water partition coefficient (Wildman–Crippen LogP) is 3.14. The molecule has 0 saturated heterocycles. The zero-order valence-corrected chi connectivity index (χ0v) is 16.9. The molecule has 29 heavy (non-hydrogen) atoms. The number of ether oxygens (including phenoxy) is 1. The van der Waals surface area contributed by atoms with Crippen LogP contribution in [0.2, 0.25) is 0 Å². The molecule has 3 rings (SSSR count). The van der Waals surface area contributed by atoms with Crippen LogP contribution < -0.4 is 14.9 Å². The Morgan fingerprint density at radius 3 is 2.31 bits per heavy atom. The largest absolute Gasteiger partial charge is 0.464 e. The molecule has 2 aromatic carbocycles. The Kier molecular flexibility index (Phi) is 6.58. The number of aromatic nitrogens is 1. The van der Waals surface area contributed by atoms with Gasteiger partial charge in [0.25, 0.3) is 0 Å². The Balaban J connectivity index is 1.74. The van der Waals surface area contributed by atoms with E-state index in [1.807, 2.05) is 78.6 Å². The molecule has 0 bridgehead atoms. The summed E-state index contributed by atoms with van der Waals surface area (Å²) in [5.74, 6) is -0.480. The van der Waals surface area contributed by atoms with Crippen LogP contribution in [0.15, 0.2) is 84.2 Å². The van der Waals surface area contributed by atoms with Gasteiger partial charge in [0.2, 0.25) is 0 Å². The van der Waals surface area contributed by atoms with Crippen LogP contribution in [0.3, 0.4) is 0 Å². The van der Waals surface area contributed by atoms with Gasteiger partial charge in [-0.15, -0.1) is 0 Å². The van der Waals surface area contributed by atoms with Crippen molar-refractivity contribution in [1.82, 2.24) is 0 Å². The van der Waals surface area contributed by atoms with Crippen LogP contribution in [0.25, 0.3) is 0 Å². The third-order valence-corrected chi connectivity index (χ3v) is 4.46. The number of nitrogens with one attached hydrogen (secondary N) is 1. The fraction of sp³-hybridized carbons (Fsp3) is 0.174. The number of anilines is 2. The van der Waals surface area contributed by atoms with Gasteiger partial charge in [-0.05, 0) is 29.8 Å². The Labute approximate surface area is 171 Å². The van der Waals surface area contributed by atoms with Gasteiger partial charge in [0.05, 0.1) is 12.8 Å². The van der Waals surface area contributed by atoms with E-state index in [4.69, 9.17) is 4.74 Å².